The van der Waals surface area contributed by atoms with Gasteiger partial charge in [-0.05, 0) is 39.1 Å². The Hall–Kier alpha value is -1.39. The monoisotopic (exact) mass is 261 g/mol. The second-order valence-corrected chi connectivity index (χ2v) is 5.43. The molecule has 1 aromatic carbocycles. The molecule has 0 radical (unpaired) electrons. The molecule has 104 valence electrons. The largest absolute Gasteiger partial charge is 0.308 e. The Kier molecular flexibility index (Phi) is 4.56. The second-order valence-electron chi connectivity index (χ2n) is 5.43. The molecule has 0 bridgehead atoms. The summed E-state index contributed by atoms with van der Waals surface area (Å²) in [5.41, 5.74) is 2.35. The molecule has 2 rings (SSSR count). The van der Waals surface area contributed by atoms with Crippen LogP contribution in [0.3, 0.4) is 0 Å². The summed E-state index contributed by atoms with van der Waals surface area (Å²) in [6, 6.07) is 8.45. The van der Waals surface area contributed by atoms with Crippen LogP contribution in [0.2, 0.25) is 0 Å². The zero-order valence-electron chi connectivity index (χ0n) is 12.0. The summed E-state index contributed by atoms with van der Waals surface area (Å²) >= 11 is 0. The van der Waals surface area contributed by atoms with Crippen molar-refractivity contribution in [3.05, 3.63) is 29.8 Å². The predicted molar refractivity (Wildman–Crippen MR) is 78.5 cm³/mol. The molecule has 1 aromatic rings. The van der Waals surface area contributed by atoms with Gasteiger partial charge in [0.25, 0.3) is 0 Å². The van der Waals surface area contributed by atoms with E-state index in [1.54, 1.807) is 0 Å². The lowest BCUT2D eigenvalue weighted by Crippen LogP contribution is -2.42. The summed E-state index contributed by atoms with van der Waals surface area (Å²) in [6.45, 7) is 4.30. The molecule has 0 spiro atoms. The van der Waals surface area contributed by atoms with Crippen molar-refractivity contribution in [3.63, 3.8) is 0 Å². The van der Waals surface area contributed by atoms with E-state index in [0.29, 0.717) is 6.54 Å². The first-order valence-corrected chi connectivity index (χ1v) is 6.85. The van der Waals surface area contributed by atoms with E-state index >= 15 is 0 Å². The zero-order chi connectivity index (χ0) is 13.8. The molecule has 0 saturated carbocycles. The van der Waals surface area contributed by atoms with Gasteiger partial charge < -0.3 is 15.1 Å². The Bertz CT molecular complexity index is 445. The number of rotatable bonds is 5. The summed E-state index contributed by atoms with van der Waals surface area (Å²) in [5.74, 6) is 0.163. The molecule has 0 aromatic heterocycles. The van der Waals surface area contributed by atoms with Gasteiger partial charge in [-0.2, -0.15) is 0 Å². The lowest BCUT2D eigenvalue weighted by atomic mass is 10.1. The Morgan fingerprint density at radius 2 is 2.16 bits per heavy atom. The maximum absolute atomic E-state index is 12.3. The van der Waals surface area contributed by atoms with E-state index in [-0.39, 0.29) is 11.9 Å². The van der Waals surface area contributed by atoms with Crippen molar-refractivity contribution < 1.29 is 4.79 Å². The number of para-hydroxylation sites is 1. The van der Waals surface area contributed by atoms with Gasteiger partial charge in [0, 0.05) is 24.8 Å². The number of amides is 1. The van der Waals surface area contributed by atoms with Crippen LogP contribution in [0.15, 0.2) is 24.3 Å². The molecule has 1 heterocycles. The molecule has 0 saturated heterocycles. The fraction of sp³-hybridized carbons (Fsp3) is 0.533. The second kappa shape index (κ2) is 6.17. The standard InChI is InChI=1S/C15H23N3O/c1-12-10-13-6-4-5-7-14(13)18(12)15(19)11-16-8-9-17(2)3/h4-7,12,16H,8-11H2,1-3H3. The number of fused-ring (bicyclic) bond motifs is 1. The lowest BCUT2D eigenvalue weighted by molar-refractivity contribution is -0.118. The summed E-state index contributed by atoms with van der Waals surface area (Å²) in [6.07, 6.45) is 0.958. The van der Waals surface area contributed by atoms with Gasteiger partial charge in [0.2, 0.25) is 5.91 Å². The lowest BCUT2D eigenvalue weighted by Gasteiger charge is -2.23. The van der Waals surface area contributed by atoms with E-state index in [0.717, 1.165) is 25.2 Å². The van der Waals surface area contributed by atoms with Gasteiger partial charge in [-0.15, -0.1) is 0 Å². The highest BCUT2D eigenvalue weighted by Crippen LogP contribution is 2.31. The quantitative estimate of drug-likeness (QED) is 0.807. The number of hydrogen-bond acceptors (Lipinski definition) is 3. The maximum atomic E-state index is 12.3. The number of carbonyl (C=O) groups excluding carboxylic acids is 1. The van der Waals surface area contributed by atoms with Gasteiger partial charge >= 0.3 is 0 Å². The third kappa shape index (κ3) is 3.33. The Morgan fingerprint density at radius 3 is 2.89 bits per heavy atom. The number of nitrogens with zero attached hydrogens (tertiary/aromatic N) is 2. The van der Waals surface area contributed by atoms with Crippen molar-refractivity contribution in [3.8, 4) is 0 Å². The number of benzene rings is 1. The van der Waals surface area contributed by atoms with Crippen LogP contribution in [0.4, 0.5) is 5.69 Å². The summed E-state index contributed by atoms with van der Waals surface area (Å²) in [7, 11) is 4.06. The Morgan fingerprint density at radius 1 is 1.42 bits per heavy atom. The van der Waals surface area contributed by atoms with Crippen LogP contribution in [-0.4, -0.2) is 50.6 Å². The fourth-order valence-corrected chi connectivity index (χ4v) is 2.53. The third-order valence-electron chi connectivity index (χ3n) is 3.49. The SMILES string of the molecule is CC1Cc2ccccc2N1C(=O)CNCCN(C)C. The number of carbonyl (C=O) groups is 1. The minimum Gasteiger partial charge on any atom is -0.308 e. The minimum absolute atomic E-state index is 0.163. The molecule has 1 unspecified atom stereocenters. The first-order valence-electron chi connectivity index (χ1n) is 6.85. The van der Waals surface area contributed by atoms with E-state index in [4.69, 9.17) is 0 Å². The fourth-order valence-electron chi connectivity index (χ4n) is 2.53. The third-order valence-corrected chi connectivity index (χ3v) is 3.49. The molecule has 4 heteroatoms. The number of hydrogen-bond donors (Lipinski definition) is 1. The van der Waals surface area contributed by atoms with Crippen molar-refractivity contribution in [2.45, 2.75) is 19.4 Å². The first-order chi connectivity index (χ1) is 9.09. The minimum atomic E-state index is 0.163. The van der Waals surface area contributed by atoms with Crippen molar-refractivity contribution in [2.24, 2.45) is 0 Å². The molecule has 0 fully saturated rings. The summed E-state index contributed by atoms with van der Waals surface area (Å²) in [5, 5.41) is 3.21. The van der Waals surface area contributed by atoms with Gasteiger partial charge in [0.15, 0.2) is 0 Å². The zero-order valence-corrected chi connectivity index (χ0v) is 12.0. The molecule has 1 atom stereocenters. The van der Waals surface area contributed by atoms with E-state index in [1.165, 1.54) is 5.56 Å². The smallest absolute Gasteiger partial charge is 0.241 e. The van der Waals surface area contributed by atoms with Crippen molar-refractivity contribution >= 4 is 11.6 Å². The van der Waals surface area contributed by atoms with E-state index < -0.39 is 0 Å². The molecule has 19 heavy (non-hydrogen) atoms. The molecule has 1 aliphatic rings. The summed E-state index contributed by atoms with van der Waals surface area (Å²) < 4.78 is 0. The van der Waals surface area contributed by atoms with Crippen molar-refractivity contribution in [1.29, 1.82) is 0 Å². The van der Waals surface area contributed by atoms with Gasteiger partial charge in [0.05, 0.1) is 6.54 Å². The van der Waals surface area contributed by atoms with Gasteiger partial charge in [-0.25, -0.2) is 0 Å². The molecular weight excluding hydrogens is 238 g/mol. The van der Waals surface area contributed by atoms with Crippen LogP contribution < -0.4 is 10.2 Å². The van der Waals surface area contributed by atoms with Crippen LogP contribution in [0.1, 0.15) is 12.5 Å². The molecule has 1 N–H and O–H groups in total. The van der Waals surface area contributed by atoms with Crippen molar-refractivity contribution in [2.75, 3.05) is 38.6 Å². The number of nitrogens with one attached hydrogen (secondary N) is 1. The highest BCUT2D eigenvalue weighted by Gasteiger charge is 2.29. The van der Waals surface area contributed by atoms with E-state index in [2.05, 4.69) is 23.2 Å². The predicted octanol–water partition coefficient (Wildman–Crippen LogP) is 1.12. The Balaban J connectivity index is 1.92. The molecule has 1 aliphatic heterocycles. The topological polar surface area (TPSA) is 35.6 Å². The van der Waals surface area contributed by atoms with Crippen LogP contribution in [-0.2, 0) is 11.2 Å². The van der Waals surface area contributed by atoms with Crippen LogP contribution in [0.5, 0.6) is 0 Å². The maximum Gasteiger partial charge on any atom is 0.241 e. The molecular formula is C15H23N3O. The first kappa shape index (κ1) is 14.0. The number of likely N-dealkylation sites (N-methyl/N-ethyl adjacent to an activating group) is 1. The van der Waals surface area contributed by atoms with Crippen LogP contribution in [0, 0.1) is 0 Å². The van der Waals surface area contributed by atoms with Crippen LogP contribution >= 0.6 is 0 Å². The molecule has 4 nitrogen and oxygen atoms in total. The van der Waals surface area contributed by atoms with Gasteiger partial charge in [0.1, 0.15) is 0 Å². The normalized spacial score (nSPS) is 17.9. The van der Waals surface area contributed by atoms with E-state index in [9.17, 15) is 4.79 Å². The van der Waals surface area contributed by atoms with Crippen molar-refractivity contribution in [1.82, 2.24) is 10.2 Å². The number of anilines is 1. The van der Waals surface area contributed by atoms with Gasteiger partial charge in [-0.1, -0.05) is 18.2 Å². The van der Waals surface area contributed by atoms with Crippen LogP contribution in [0.25, 0.3) is 0 Å². The van der Waals surface area contributed by atoms with Gasteiger partial charge in [-0.3, -0.25) is 4.79 Å². The van der Waals surface area contributed by atoms with E-state index in [1.807, 2.05) is 37.2 Å². The highest BCUT2D eigenvalue weighted by atomic mass is 16.2. The Labute approximate surface area is 115 Å². The summed E-state index contributed by atoms with van der Waals surface area (Å²) in [4.78, 5) is 16.3. The highest BCUT2D eigenvalue weighted by molar-refractivity contribution is 5.97. The average Bonchev–Trinajstić information content (AvgIpc) is 2.70. The molecule has 0 aliphatic carbocycles. The average molecular weight is 261 g/mol. The molecule has 1 amide bonds.